The van der Waals surface area contributed by atoms with Crippen molar-refractivity contribution in [1.82, 2.24) is 0 Å². The molecule has 3 nitrogen and oxygen atoms in total. The Labute approximate surface area is 99.6 Å². The molecule has 0 radical (unpaired) electrons. The lowest BCUT2D eigenvalue weighted by atomic mass is 10.2. The summed E-state index contributed by atoms with van der Waals surface area (Å²) in [5.74, 6) is 1.65. The van der Waals surface area contributed by atoms with Gasteiger partial charge in [0.2, 0.25) is 0 Å². The summed E-state index contributed by atoms with van der Waals surface area (Å²) in [6, 6.07) is 4.98. The number of ether oxygens (including phenoxy) is 2. The fourth-order valence-corrected chi connectivity index (χ4v) is 1.23. The van der Waals surface area contributed by atoms with Crippen molar-refractivity contribution in [3.63, 3.8) is 0 Å². The molecule has 0 saturated carbocycles. The van der Waals surface area contributed by atoms with Gasteiger partial charge in [0.25, 0.3) is 0 Å². The molecule has 0 aliphatic heterocycles. The first-order chi connectivity index (χ1) is 7.81. The van der Waals surface area contributed by atoms with Crippen LogP contribution in [0.1, 0.15) is 16.8 Å². The standard InChI is InChI=1S/C12H13ClO3/c1-15-12-8-10(9-14)4-5-11(12)16-7-3-2-6-13/h3-5,7-9H,2,6H2,1H3/b7-3+. The molecule has 0 heterocycles. The Morgan fingerprint density at radius 3 is 2.81 bits per heavy atom. The van der Waals surface area contributed by atoms with Crippen molar-refractivity contribution in [1.29, 1.82) is 0 Å². The second-order valence-corrected chi connectivity index (χ2v) is 3.37. The van der Waals surface area contributed by atoms with Gasteiger partial charge in [-0.2, -0.15) is 0 Å². The van der Waals surface area contributed by atoms with Crippen LogP contribution >= 0.6 is 11.6 Å². The maximum atomic E-state index is 10.6. The Hall–Kier alpha value is -1.48. The Morgan fingerprint density at radius 1 is 1.38 bits per heavy atom. The van der Waals surface area contributed by atoms with Crippen LogP contribution in [-0.2, 0) is 0 Å². The third-order valence-corrected chi connectivity index (χ3v) is 2.11. The molecule has 1 aromatic rings. The van der Waals surface area contributed by atoms with Gasteiger partial charge in [0.1, 0.15) is 6.29 Å². The molecule has 0 aliphatic rings. The molecule has 0 aromatic heterocycles. The first kappa shape index (κ1) is 12.6. The van der Waals surface area contributed by atoms with Gasteiger partial charge in [-0.15, -0.1) is 11.6 Å². The van der Waals surface area contributed by atoms with E-state index in [2.05, 4.69) is 0 Å². The number of aldehydes is 1. The largest absolute Gasteiger partial charge is 0.493 e. The van der Waals surface area contributed by atoms with Crippen LogP contribution in [0, 0.1) is 0 Å². The van der Waals surface area contributed by atoms with Gasteiger partial charge in [-0.25, -0.2) is 0 Å². The molecule has 0 atom stereocenters. The second kappa shape index (κ2) is 6.90. The van der Waals surface area contributed by atoms with E-state index in [1.54, 1.807) is 24.5 Å². The number of hydrogen-bond donors (Lipinski definition) is 0. The van der Waals surface area contributed by atoms with Crippen LogP contribution in [-0.4, -0.2) is 19.3 Å². The first-order valence-corrected chi connectivity index (χ1v) is 5.36. The number of carbonyl (C=O) groups excluding carboxylic acids is 1. The maximum absolute atomic E-state index is 10.6. The molecular formula is C12H13ClO3. The summed E-state index contributed by atoms with van der Waals surface area (Å²) in [5, 5.41) is 0. The highest BCUT2D eigenvalue weighted by Gasteiger charge is 2.03. The van der Waals surface area contributed by atoms with E-state index in [0.717, 1.165) is 12.7 Å². The van der Waals surface area contributed by atoms with E-state index in [0.29, 0.717) is 22.9 Å². The second-order valence-electron chi connectivity index (χ2n) is 3.00. The number of allylic oxidation sites excluding steroid dienone is 1. The lowest BCUT2D eigenvalue weighted by Gasteiger charge is -2.07. The molecule has 0 bridgehead atoms. The van der Waals surface area contributed by atoms with Gasteiger partial charge in [-0.3, -0.25) is 4.79 Å². The van der Waals surface area contributed by atoms with Crippen molar-refractivity contribution in [3.8, 4) is 11.5 Å². The molecule has 0 N–H and O–H groups in total. The van der Waals surface area contributed by atoms with Crippen molar-refractivity contribution in [2.75, 3.05) is 13.0 Å². The lowest BCUT2D eigenvalue weighted by molar-refractivity contribution is 0.112. The molecule has 0 saturated heterocycles. The van der Waals surface area contributed by atoms with Gasteiger partial charge < -0.3 is 9.47 Å². The number of benzene rings is 1. The van der Waals surface area contributed by atoms with Crippen LogP contribution in [0.15, 0.2) is 30.5 Å². The summed E-state index contributed by atoms with van der Waals surface area (Å²) < 4.78 is 10.5. The highest BCUT2D eigenvalue weighted by molar-refractivity contribution is 6.17. The Bertz CT molecular complexity index is 375. The highest BCUT2D eigenvalue weighted by atomic mass is 35.5. The SMILES string of the molecule is COc1cc(C=O)ccc1O/C=C/CCCl. The third kappa shape index (κ3) is 3.59. The zero-order valence-electron chi connectivity index (χ0n) is 8.98. The van der Waals surface area contributed by atoms with Gasteiger partial charge >= 0.3 is 0 Å². The number of alkyl halides is 1. The zero-order valence-corrected chi connectivity index (χ0v) is 9.74. The fraction of sp³-hybridized carbons (Fsp3) is 0.250. The van der Waals surface area contributed by atoms with Crippen molar-refractivity contribution >= 4 is 17.9 Å². The molecule has 4 heteroatoms. The van der Waals surface area contributed by atoms with Gasteiger partial charge in [0.15, 0.2) is 11.5 Å². The molecule has 86 valence electrons. The molecular weight excluding hydrogens is 228 g/mol. The van der Waals surface area contributed by atoms with Gasteiger partial charge in [0, 0.05) is 11.4 Å². The van der Waals surface area contributed by atoms with Gasteiger partial charge in [-0.1, -0.05) is 0 Å². The van der Waals surface area contributed by atoms with Crippen LogP contribution < -0.4 is 9.47 Å². The summed E-state index contributed by atoms with van der Waals surface area (Å²) >= 11 is 5.51. The zero-order chi connectivity index (χ0) is 11.8. The number of halogens is 1. The van der Waals surface area contributed by atoms with E-state index in [1.807, 2.05) is 6.08 Å². The minimum atomic E-state index is 0.528. The van der Waals surface area contributed by atoms with E-state index in [-0.39, 0.29) is 0 Å². The summed E-state index contributed by atoms with van der Waals surface area (Å²) in [6.07, 6.45) is 4.88. The maximum Gasteiger partial charge on any atom is 0.168 e. The summed E-state index contributed by atoms with van der Waals surface area (Å²) in [6.45, 7) is 0. The van der Waals surface area contributed by atoms with Gasteiger partial charge in [-0.05, 0) is 30.7 Å². The van der Waals surface area contributed by atoms with Crippen molar-refractivity contribution in [2.45, 2.75) is 6.42 Å². The topological polar surface area (TPSA) is 35.5 Å². The summed E-state index contributed by atoms with van der Waals surface area (Å²) in [5.41, 5.74) is 0.550. The van der Waals surface area contributed by atoms with E-state index in [4.69, 9.17) is 21.1 Å². The normalized spacial score (nSPS) is 10.4. The number of methoxy groups -OCH3 is 1. The summed E-state index contributed by atoms with van der Waals surface area (Å²) in [4.78, 5) is 10.6. The molecule has 1 aromatic carbocycles. The average molecular weight is 241 g/mol. The lowest BCUT2D eigenvalue weighted by Crippen LogP contribution is -1.91. The fourth-order valence-electron chi connectivity index (χ4n) is 1.11. The number of rotatable bonds is 6. The predicted octanol–water partition coefficient (Wildman–Crippen LogP) is 3.03. The Balaban J connectivity index is 2.75. The Morgan fingerprint density at radius 2 is 2.19 bits per heavy atom. The monoisotopic (exact) mass is 240 g/mol. The highest BCUT2D eigenvalue weighted by Crippen LogP contribution is 2.27. The predicted molar refractivity (Wildman–Crippen MR) is 63.5 cm³/mol. The molecule has 0 spiro atoms. The molecule has 0 fully saturated rings. The molecule has 0 amide bonds. The van der Waals surface area contributed by atoms with Crippen molar-refractivity contribution in [3.05, 3.63) is 36.1 Å². The molecule has 0 unspecified atom stereocenters. The van der Waals surface area contributed by atoms with Crippen LogP contribution in [0.3, 0.4) is 0 Å². The minimum Gasteiger partial charge on any atom is -0.493 e. The van der Waals surface area contributed by atoms with E-state index < -0.39 is 0 Å². The van der Waals surface area contributed by atoms with Crippen LogP contribution in [0.4, 0.5) is 0 Å². The Kier molecular flexibility index (Phi) is 5.43. The van der Waals surface area contributed by atoms with E-state index in [1.165, 1.54) is 7.11 Å². The number of hydrogen-bond acceptors (Lipinski definition) is 3. The quantitative estimate of drug-likeness (QED) is 0.436. The van der Waals surface area contributed by atoms with E-state index in [9.17, 15) is 4.79 Å². The molecule has 0 aliphatic carbocycles. The molecule has 16 heavy (non-hydrogen) atoms. The van der Waals surface area contributed by atoms with Crippen LogP contribution in [0.25, 0.3) is 0 Å². The number of carbonyl (C=O) groups is 1. The smallest absolute Gasteiger partial charge is 0.168 e. The average Bonchev–Trinajstić information content (AvgIpc) is 2.34. The third-order valence-electron chi connectivity index (χ3n) is 1.89. The first-order valence-electron chi connectivity index (χ1n) is 4.82. The van der Waals surface area contributed by atoms with Crippen LogP contribution in [0.5, 0.6) is 11.5 Å². The van der Waals surface area contributed by atoms with Crippen molar-refractivity contribution in [2.24, 2.45) is 0 Å². The molecule has 1 rings (SSSR count). The van der Waals surface area contributed by atoms with Gasteiger partial charge in [0.05, 0.1) is 13.4 Å². The minimum absolute atomic E-state index is 0.528. The van der Waals surface area contributed by atoms with Crippen LogP contribution in [0.2, 0.25) is 0 Å². The van der Waals surface area contributed by atoms with E-state index >= 15 is 0 Å². The van der Waals surface area contributed by atoms with Crippen molar-refractivity contribution < 1.29 is 14.3 Å². The summed E-state index contributed by atoms with van der Waals surface area (Å²) in [7, 11) is 1.53.